The van der Waals surface area contributed by atoms with Crippen LogP contribution < -0.4 is 9.47 Å². The third-order valence-corrected chi connectivity index (χ3v) is 5.38. The molecule has 4 rings (SSSR count). The van der Waals surface area contributed by atoms with Crippen molar-refractivity contribution in [2.45, 2.75) is 37.6 Å². The Kier molecular flexibility index (Phi) is 6.65. The summed E-state index contributed by atoms with van der Waals surface area (Å²) in [5.41, 5.74) is 0.240. The zero-order valence-corrected chi connectivity index (χ0v) is 18.2. The highest BCUT2D eigenvalue weighted by Gasteiger charge is 2.45. The predicted molar refractivity (Wildman–Crippen MR) is 117 cm³/mol. The smallest absolute Gasteiger partial charge is 0.402 e. The van der Waals surface area contributed by atoms with Crippen LogP contribution in [0.5, 0.6) is 28.7 Å². The first-order valence-corrected chi connectivity index (χ1v) is 10.4. The standard InChI is InChI=1S/C23H22O12/c1-9(25)32-15-5-11(26)6-16-12(15)7-17(22(33-16)10-2-3-13(27)14(28)4-10)34-23-21(31)20(30)19(29)18(8-24)35-23/h2-7,18-21,23-24,29-31H,8H2,1H3,(H2-,26,27,28)/p+1/t18-,19-,20+,21-,23-/m1/s1. The lowest BCUT2D eigenvalue weighted by atomic mass is 9.99. The summed E-state index contributed by atoms with van der Waals surface area (Å²) in [4.78, 5) is 11.6. The summed E-state index contributed by atoms with van der Waals surface area (Å²) in [6.45, 7) is 0.480. The minimum atomic E-state index is -1.74. The number of carbonyl (C=O) groups excluding carboxylic acids is 1. The van der Waals surface area contributed by atoms with E-state index in [-0.39, 0.29) is 39.5 Å². The van der Waals surface area contributed by atoms with Crippen LogP contribution in [0.2, 0.25) is 0 Å². The first-order chi connectivity index (χ1) is 16.6. The van der Waals surface area contributed by atoms with Gasteiger partial charge in [0.25, 0.3) is 0 Å². The molecule has 2 aromatic carbocycles. The lowest BCUT2D eigenvalue weighted by Crippen LogP contribution is -2.60. The molecule has 0 spiro atoms. The van der Waals surface area contributed by atoms with Gasteiger partial charge in [0.15, 0.2) is 17.2 Å². The largest absolute Gasteiger partial charge is 0.507 e. The molecule has 0 bridgehead atoms. The van der Waals surface area contributed by atoms with E-state index >= 15 is 0 Å². The van der Waals surface area contributed by atoms with Crippen molar-refractivity contribution >= 4 is 16.9 Å². The zero-order valence-electron chi connectivity index (χ0n) is 18.2. The number of hydrogen-bond donors (Lipinski definition) is 7. The van der Waals surface area contributed by atoms with Gasteiger partial charge in [0.1, 0.15) is 35.6 Å². The average molecular weight is 491 g/mol. The van der Waals surface area contributed by atoms with Crippen molar-refractivity contribution in [3.8, 4) is 40.1 Å². The highest BCUT2D eigenvalue weighted by molar-refractivity contribution is 5.90. The SMILES string of the molecule is CC(=O)Oc1cc(O)cc2[o+]c(-c3ccc(O)c(O)c3)c(O[C@@H]3O[C@H](CO)[C@@H](O)[C@H](O)[C@H]3O)cc12. The first-order valence-electron chi connectivity index (χ1n) is 10.4. The van der Waals surface area contributed by atoms with E-state index in [0.29, 0.717) is 0 Å². The van der Waals surface area contributed by atoms with Gasteiger partial charge in [-0.3, -0.25) is 4.79 Å². The number of ether oxygens (including phenoxy) is 3. The lowest BCUT2D eigenvalue weighted by Gasteiger charge is -2.39. The van der Waals surface area contributed by atoms with Gasteiger partial charge in [0.05, 0.1) is 18.2 Å². The number of phenols is 3. The normalized spacial score (nSPS) is 24.3. The van der Waals surface area contributed by atoms with E-state index in [1.807, 2.05) is 0 Å². The topological polar surface area (TPSA) is 198 Å². The summed E-state index contributed by atoms with van der Waals surface area (Å²) in [6.07, 6.45) is -7.89. The molecule has 1 aliphatic rings. The van der Waals surface area contributed by atoms with Gasteiger partial charge in [-0.2, -0.15) is 0 Å². The molecule has 12 nitrogen and oxygen atoms in total. The van der Waals surface area contributed by atoms with Crippen molar-refractivity contribution in [3.63, 3.8) is 0 Å². The molecule has 0 radical (unpaired) electrons. The summed E-state index contributed by atoms with van der Waals surface area (Å²) in [5.74, 6) is -2.11. The summed E-state index contributed by atoms with van der Waals surface area (Å²) in [5, 5.41) is 69.8. The van der Waals surface area contributed by atoms with Gasteiger partial charge < -0.3 is 50.0 Å². The quantitative estimate of drug-likeness (QED) is 0.114. The van der Waals surface area contributed by atoms with Crippen LogP contribution in [0, 0.1) is 0 Å². The number of aliphatic hydroxyl groups is 4. The molecule has 0 saturated carbocycles. The second kappa shape index (κ2) is 9.52. The minimum Gasteiger partial charge on any atom is -0.507 e. The van der Waals surface area contributed by atoms with Crippen LogP contribution in [0.15, 0.2) is 40.8 Å². The van der Waals surface area contributed by atoms with Crippen LogP contribution in [0.4, 0.5) is 0 Å². The van der Waals surface area contributed by atoms with E-state index in [2.05, 4.69) is 0 Å². The van der Waals surface area contributed by atoms with E-state index in [0.717, 1.165) is 13.0 Å². The Labute approximate surface area is 197 Å². The second-order valence-corrected chi connectivity index (χ2v) is 7.91. The predicted octanol–water partition coefficient (Wildman–Crippen LogP) is 0.602. The molecular weight excluding hydrogens is 468 g/mol. The van der Waals surface area contributed by atoms with E-state index in [1.54, 1.807) is 0 Å². The molecule has 1 fully saturated rings. The van der Waals surface area contributed by atoms with Crippen LogP contribution in [-0.4, -0.2) is 79.0 Å². The number of hydrogen-bond acceptors (Lipinski definition) is 11. The summed E-state index contributed by atoms with van der Waals surface area (Å²) in [6, 6.07) is 7.49. The van der Waals surface area contributed by atoms with Crippen molar-refractivity contribution in [3.05, 3.63) is 36.4 Å². The molecule has 2 heterocycles. The Morgan fingerprint density at radius 3 is 2.37 bits per heavy atom. The zero-order chi connectivity index (χ0) is 25.4. The number of aliphatic hydroxyl groups excluding tert-OH is 4. The number of benzene rings is 2. The van der Waals surface area contributed by atoms with Crippen LogP contribution in [-0.2, 0) is 9.53 Å². The summed E-state index contributed by atoms with van der Waals surface area (Å²) >= 11 is 0. The number of rotatable bonds is 5. The van der Waals surface area contributed by atoms with E-state index < -0.39 is 54.8 Å². The van der Waals surface area contributed by atoms with Crippen molar-refractivity contribution in [2.24, 2.45) is 0 Å². The van der Waals surface area contributed by atoms with Gasteiger partial charge in [-0.05, 0) is 12.1 Å². The molecule has 1 saturated heterocycles. The van der Waals surface area contributed by atoms with Crippen LogP contribution in [0.3, 0.4) is 0 Å². The average Bonchev–Trinajstić information content (AvgIpc) is 2.80. The molecule has 35 heavy (non-hydrogen) atoms. The minimum absolute atomic E-state index is 0.0463. The fraction of sp³-hybridized carbons (Fsp3) is 0.304. The monoisotopic (exact) mass is 491 g/mol. The Balaban J connectivity index is 1.88. The van der Waals surface area contributed by atoms with Crippen molar-refractivity contribution < 1.29 is 59.2 Å². The van der Waals surface area contributed by atoms with Gasteiger partial charge in [0.2, 0.25) is 12.0 Å². The molecule has 1 aromatic heterocycles. The number of carbonyl (C=O) groups is 1. The van der Waals surface area contributed by atoms with Crippen molar-refractivity contribution in [1.29, 1.82) is 0 Å². The highest BCUT2D eigenvalue weighted by atomic mass is 16.7. The molecule has 186 valence electrons. The fourth-order valence-corrected chi connectivity index (χ4v) is 3.65. The van der Waals surface area contributed by atoms with Crippen LogP contribution in [0.1, 0.15) is 6.92 Å². The number of fused-ring (bicyclic) bond motifs is 1. The molecule has 7 N–H and O–H groups in total. The molecule has 1 aliphatic heterocycles. The molecule has 0 unspecified atom stereocenters. The molecule has 0 amide bonds. The van der Waals surface area contributed by atoms with Gasteiger partial charge in [-0.25, -0.2) is 4.42 Å². The number of esters is 1. The van der Waals surface area contributed by atoms with E-state index in [1.165, 1.54) is 30.3 Å². The van der Waals surface area contributed by atoms with E-state index in [9.17, 15) is 40.5 Å². The highest BCUT2D eigenvalue weighted by Crippen LogP contribution is 2.42. The van der Waals surface area contributed by atoms with Crippen LogP contribution in [0.25, 0.3) is 22.3 Å². The summed E-state index contributed by atoms with van der Waals surface area (Å²) in [7, 11) is 0. The molecule has 0 aliphatic carbocycles. The van der Waals surface area contributed by atoms with Crippen molar-refractivity contribution in [1.82, 2.24) is 0 Å². The first kappa shape index (κ1) is 24.4. The lowest BCUT2D eigenvalue weighted by molar-refractivity contribution is -0.277. The Bertz CT molecular complexity index is 1260. The maximum atomic E-state index is 11.6. The van der Waals surface area contributed by atoms with Gasteiger partial charge >= 0.3 is 17.3 Å². The Hall–Kier alpha value is -3.68. The van der Waals surface area contributed by atoms with Crippen molar-refractivity contribution in [2.75, 3.05) is 6.61 Å². The van der Waals surface area contributed by atoms with Gasteiger partial charge in [0, 0.05) is 25.1 Å². The fourth-order valence-electron chi connectivity index (χ4n) is 3.65. The van der Waals surface area contributed by atoms with Crippen LogP contribution >= 0.6 is 0 Å². The maximum absolute atomic E-state index is 11.6. The van der Waals surface area contributed by atoms with E-state index in [4.69, 9.17) is 18.6 Å². The van der Waals surface area contributed by atoms with Gasteiger partial charge in [-0.15, -0.1) is 0 Å². The second-order valence-electron chi connectivity index (χ2n) is 7.91. The molecule has 5 atom stereocenters. The molecule has 3 aromatic rings. The Morgan fingerprint density at radius 1 is 0.971 bits per heavy atom. The third kappa shape index (κ3) is 4.78. The molecular formula is C23H23O12+. The number of phenolic OH excluding ortho intramolecular Hbond substituents is 3. The molecule has 12 heteroatoms. The summed E-state index contributed by atoms with van der Waals surface area (Å²) < 4.78 is 22.2. The maximum Gasteiger partial charge on any atom is 0.402 e. The van der Waals surface area contributed by atoms with Gasteiger partial charge in [-0.1, -0.05) is 0 Å². The Morgan fingerprint density at radius 2 is 1.71 bits per heavy atom. The third-order valence-electron chi connectivity index (χ3n) is 5.38. The number of aromatic hydroxyl groups is 3.